The van der Waals surface area contributed by atoms with Crippen molar-refractivity contribution in [2.24, 2.45) is 0 Å². The van der Waals surface area contributed by atoms with Crippen molar-refractivity contribution in [3.63, 3.8) is 0 Å². The summed E-state index contributed by atoms with van der Waals surface area (Å²) in [6.07, 6.45) is 0.786. The number of nitrogens with zero attached hydrogens (tertiary/aromatic N) is 4. The molecule has 0 amide bonds. The quantitative estimate of drug-likeness (QED) is 0.816. The van der Waals surface area contributed by atoms with Gasteiger partial charge in [0.15, 0.2) is 5.82 Å². The summed E-state index contributed by atoms with van der Waals surface area (Å²) in [4.78, 5) is 11.1. The van der Waals surface area contributed by atoms with Crippen molar-refractivity contribution in [1.82, 2.24) is 19.3 Å². The van der Waals surface area contributed by atoms with Gasteiger partial charge in [0.1, 0.15) is 5.82 Å². The third-order valence-corrected chi connectivity index (χ3v) is 3.53. The Kier molecular flexibility index (Phi) is 3.30. The molecule has 112 valence electrons. The van der Waals surface area contributed by atoms with E-state index >= 15 is 0 Å². The smallest absolute Gasteiger partial charge is 0.346 e. The van der Waals surface area contributed by atoms with Gasteiger partial charge in [-0.25, -0.2) is 0 Å². The number of fused-ring (bicyclic) bond motifs is 1. The van der Waals surface area contributed by atoms with Crippen LogP contribution in [0.3, 0.4) is 0 Å². The minimum Gasteiger partial charge on any atom is -0.346 e. The van der Waals surface area contributed by atoms with Crippen LogP contribution in [0.25, 0.3) is 0 Å². The third kappa shape index (κ3) is 2.70. The highest BCUT2D eigenvalue weighted by atomic mass is 19.4. The van der Waals surface area contributed by atoms with Crippen molar-refractivity contribution in [2.75, 3.05) is 0 Å². The maximum absolute atomic E-state index is 12.4. The number of carbonyl (C=O) groups excluding carboxylic acids is 1. The van der Waals surface area contributed by atoms with Crippen LogP contribution in [0, 0.1) is 0 Å². The first-order valence-corrected chi connectivity index (χ1v) is 6.63. The largest absolute Gasteiger partial charge is 0.454 e. The molecule has 2 aromatic rings. The topological polar surface area (TPSA) is 52.7 Å². The van der Waals surface area contributed by atoms with Gasteiger partial charge in [-0.05, 0) is 18.9 Å². The highest BCUT2D eigenvalue weighted by Gasteiger charge is 2.39. The Morgan fingerprint density at radius 1 is 1.29 bits per heavy atom. The Bertz CT molecular complexity index is 671. The van der Waals surface area contributed by atoms with Gasteiger partial charge in [-0.15, -0.1) is 10.2 Å². The van der Waals surface area contributed by atoms with Gasteiger partial charge < -0.3 is 9.13 Å². The molecule has 0 aliphatic carbocycles. The summed E-state index contributed by atoms with van der Waals surface area (Å²) in [7, 11) is 0. The molecular formula is C13H13F3N4O. The molecule has 0 atom stereocenters. The summed E-state index contributed by atoms with van der Waals surface area (Å²) in [6.45, 7) is 1.13. The molecule has 3 heterocycles. The maximum atomic E-state index is 12.4. The zero-order chi connectivity index (χ0) is 15.0. The van der Waals surface area contributed by atoms with Gasteiger partial charge in [0.25, 0.3) is 5.78 Å². The van der Waals surface area contributed by atoms with E-state index in [1.165, 1.54) is 23.0 Å². The van der Waals surface area contributed by atoms with Crippen LogP contribution in [0.2, 0.25) is 0 Å². The summed E-state index contributed by atoms with van der Waals surface area (Å²) in [5, 5.41) is 8.17. The lowest BCUT2D eigenvalue weighted by molar-refractivity contribution is -0.0885. The van der Waals surface area contributed by atoms with Crippen molar-refractivity contribution in [2.45, 2.75) is 38.5 Å². The molecule has 8 heteroatoms. The molecule has 0 N–H and O–H groups in total. The summed E-state index contributed by atoms with van der Waals surface area (Å²) < 4.78 is 40.6. The van der Waals surface area contributed by atoms with Crippen molar-refractivity contribution >= 4 is 5.78 Å². The minimum absolute atomic E-state index is 0.304. The number of aryl methyl sites for hydroxylation is 1. The second kappa shape index (κ2) is 5.01. The zero-order valence-corrected chi connectivity index (χ0v) is 11.1. The lowest BCUT2D eigenvalue weighted by atomic mass is 10.2. The van der Waals surface area contributed by atoms with Gasteiger partial charge in [-0.3, -0.25) is 4.79 Å². The number of alkyl halides is 3. The standard InChI is InChI=1S/C13H13F3N4O/c14-13(15,16)12(21)9-4-6-19(7-9)8-11-18-17-10-3-1-2-5-20(10)11/h4,6-7H,1-3,5,8H2. The summed E-state index contributed by atoms with van der Waals surface area (Å²) in [5.41, 5.74) is -0.360. The van der Waals surface area contributed by atoms with Crippen LogP contribution in [0.5, 0.6) is 0 Å². The first-order valence-electron chi connectivity index (χ1n) is 6.63. The normalized spacial score (nSPS) is 15.0. The first kappa shape index (κ1) is 13.8. The fourth-order valence-electron chi connectivity index (χ4n) is 2.49. The van der Waals surface area contributed by atoms with E-state index in [1.54, 1.807) is 0 Å². The van der Waals surface area contributed by atoms with Gasteiger partial charge >= 0.3 is 6.18 Å². The third-order valence-electron chi connectivity index (χ3n) is 3.53. The molecule has 1 aliphatic heterocycles. The lowest BCUT2D eigenvalue weighted by Gasteiger charge is -2.14. The van der Waals surface area contributed by atoms with E-state index in [1.807, 2.05) is 4.57 Å². The number of rotatable bonds is 3. The number of halogens is 3. The number of ketones is 1. The second-order valence-corrected chi connectivity index (χ2v) is 5.04. The van der Waals surface area contributed by atoms with E-state index in [0.29, 0.717) is 12.4 Å². The number of hydrogen-bond donors (Lipinski definition) is 0. The Balaban J connectivity index is 1.79. The summed E-state index contributed by atoms with van der Waals surface area (Å²) in [5.74, 6) is -0.217. The Morgan fingerprint density at radius 3 is 2.86 bits per heavy atom. The molecule has 0 fully saturated rings. The predicted octanol–water partition coefficient (Wildman–Crippen LogP) is 2.21. The molecule has 3 rings (SSSR count). The fourth-order valence-corrected chi connectivity index (χ4v) is 2.49. The van der Waals surface area contributed by atoms with Crippen LogP contribution in [0.4, 0.5) is 13.2 Å². The van der Waals surface area contributed by atoms with Gasteiger partial charge in [-0.2, -0.15) is 13.2 Å². The van der Waals surface area contributed by atoms with E-state index < -0.39 is 12.0 Å². The van der Waals surface area contributed by atoms with E-state index in [-0.39, 0.29) is 5.56 Å². The average Bonchev–Trinajstić information content (AvgIpc) is 3.05. The fraction of sp³-hybridized carbons (Fsp3) is 0.462. The van der Waals surface area contributed by atoms with Crippen LogP contribution >= 0.6 is 0 Å². The number of Topliss-reactive ketones (excluding diaryl/α,β-unsaturated/α-hetero) is 1. The molecule has 1 aliphatic rings. The molecule has 0 spiro atoms. The van der Waals surface area contributed by atoms with Gasteiger partial charge in [0, 0.05) is 30.9 Å². The van der Waals surface area contributed by atoms with Crippen LogP contribution in [-0.2, 0) is 19.5 Å². The van der Waals surface area contributed by atoms with Crippen LogP contribution in [-0.4, -0.2) is 31.3 Å². The zero-order valence-electron chi connectivity index (χ0n) is 11.1. The van der Waals surface area contributed by atoms with Gasteiger partial charge in [-0.1, -0.05) is 0 Å². The SMILES string of the molecule is O=C(c1ccn(Cc2nnc3n2CCCC3)c1)C(F)(F)F. The molecule has 0 saturated carbocycles. The molecule has 0 radical (unpaired) electrons. The van der Waals surface area contributed by atoms with E-state index in [4.69, 9.17) is 0 Å². The highest BCUT2D eigenvalue weighted by molar-refractivity contribution is 6.00. The van der Waals surface area contributed by atoms with E-state index in [2.05, 4.69) is 10.2 Å². The van der Waals surface area contributed by atoms with Crippen LogP contribution in [0.1, 0.15) is 34.8 Å². The first-order chi connectivity index (χ1) is 9.95. The number of hydrogen-bond acceptors (Lipinski definition) is 3. The number of aromatic nitrogens is 4. The summed E-state index contributed by atoms with van der Waals surface area (Å²) in [6, 6.07) is 1.17. The molecule has 5 nitrogen and oxygen atoms in total. The molecule has 0 aromatic carbocycles. The van der Waals surface area contributed by atoms with E-state index in [9.17, 15) is 18.0 Å². The van der Waals surface area contributed by atoms with Crippen LogP contribution in [0.15, 0.2) is 18.5 Å². The second-order valence-electron chi connectivity index (χ2n) is 5.04. The predicted molar refractivity (Wildman–Crippen MR) is 66.9 cm³/mol. The van der Waals surface area contributed by atoms with Crippen molar-refractivity contribution < 1.29 is 18.0 Å². The molecule has 2 aromatic heterocycles. The highest BCUT2D eigenvalue weighted by Crippen LogP contribution is 2.22. The van der Waals surface area contributed by atoms with E-state index in [0.717, 1.165) is 31.6 Å². The van der Waals surface area contributed by atoms with Crippen molar-refractivity contribution in [3.8, 4) is 0 Å². The van der Waals surface area contributed by atoms with Crippen molar-refractivity contribution in [3.05, 3.63) is 35.7 Å². The molecule has 21 heavy (non-hydrogen) atoms. The van der Waals surface area contributed by atoms with Crippen LogP contribution < -0.4 is 0 Å². The lowest BCUT2D eigenvalue weighted by Crippen LogP contribution is -2.22. The molecule has 0 saturated heterocycles. The average molecular weight is 298 g/mol. The maximum Gasteiger partial charge on any atom is 0.454 e. The summed E-state index contributed by atoms with van der Waals surface area (Å²) >= 11 is 0. The molecule has 0 bridgehead atoms. The van der Waals surface area contributed by atoms with Gasteiger partial charge in [0.2, 0.25) is 0 Å². The minimum atomic E-state index is -4.85. The Labute approximate surface area is 118 Å². The Morgan fingerprint density at radius 2 is 2.10 bits per heavy atom. The molecular weight excluding hydrogens is 285 g/mol. The molecule has 0 unspecified atom stereocenters. The Hall–Kier alpha value is -2.12. The number of carbonyl (C=O) groups is 1. The van der Waals surface area contributed by atoms with Gasteiger partial charge in [0.05, 0.1) is 6.54 Å². The van der Waals surface area contributed by atoms with Crippen molar-refractivity contribution in [1.29, 1.82) is 0 Å². The monoisotopic (exact) mass is 298 g/mol.